The molecule has 0 aromatic heterocycles. The SMILES string of the molecule is CON(O)c1ccc(N)cc1C(F)(F)F.OC1CCCCC1. The molecule has 0 radical (unpaired) electrons. The Kier molecular flexibility index (Phi) is 6.92. The van der Waals surface area contributed by atoms with Crippen molar-refractivity contribution >= 4 is 11.4 Å². The van der Waals surface area contributed by atoms with Crippen LogP contribution in [0.3, 0.4) is 0 Å². The van der Waals surface area contributed by atoms with E-state index in [1.54, 1.807) is 0 Å². The van der Waals surface area contributed by atoms with Crippen molar-refractivity contribution in [3.8, 4) is 0 Å². The molecule has 1 saturated carbocycles. The summed E-state index contributed by atoms with van der Waals surface area (Å²) in [7, 11) is 1.04. The second-order valence-corrected chi connectivity index (χ2v) is 5.02. The third kappa shape index (κ3) is 5.70. The fraction of sp³-hybridized carbons (Fsp3) is 0.571. The van der Waals surface area contributed by atoms with Crippen LogP contribution >= 0.6 is 0 Å². The summed E-state index contributed by atoms with van der Waals surface area (Å²) in [6, 6.07) is 2.96. The fourth-order valence-corrected chi connectivity index (χ4v) is 2.13. The third-order valence-corrected chi connectivity index (χ3v) is 3.28. The first-order valence-electron chi connectivity index (χ1n) is 6.93. The molecule has 0 amide bonds. The number of rotatable bonds is 2. The Morgan fingerprint density at radius 2 is 1.82 bits per heavy atom. The van der Waals surface area contributed by atoms with Gasteiger partial charge in [-0.3, -0.25) is 10.0 Å². The molecule has 0 aliphatic heterocycles. The van der Waals surface area contributed by atoms with Gasteiger partial charge in [0.2, 0.25) is 0 Å². The first-order chi connectivity index (χ1) is 10.3. The predicted octanol–water partition coefficient (Wildman–Crippen LogP) is 3.36. The Morgan fingerprint density at radius 1 is 1.23 bits per heavy atom. The maximum Gasteiger partial charge on any atom is 0.418 e. The van der Waals surface area contributed by atoms with Crippen LogP contribution in [-0.4, -0.2) is 23.5 Å². The lowest BCUT2D eigenvalue weighted by molar-refractivity contribution is -0.139. The van der Waals surface area contributed by atoms with Gasteiger partial charge in [0.1, 0.15) is 5.69 Å². The minimum Gasteiger partial charge on any atom is -0.399 e. The smallest absolute Gasteiger partial charge is 0.399 e. The summed E-state index contributed by atoms with van der Waals surface area (Å²) in [6.07, 6.45) is 1.32. The summed E-state index contributed by atoms with van der Waals surface area (Å²) in [5, 5.41) is 18.0. The summed E-state index contributed by atoms with van der Waals surface area (Å²) in [4.78, 5) is 4.26. The zero-order valence-electron chi connectivity index (χ0n) is 12.3. The number of anilines is 2. The van der Waals surface area contributed by atoms with Gasteiger partial charge in [-0.05, 0) is 31.0 Å². The van der Waals surface area contributed by atoms with E-state index in [9.17, 15) is 13.2 Å². The van der Waals surface area contributed by atoms with Crippen LogP contribution in [0.1, 0.15) is 37.7 Å². The number of benzene rings is 1. The highest BCUT2D eigenvalue weighted by atomic mass is 19.4. The molecular formula is C14H21F3N2O3. The molecule has 22 heavy (non-hydrogen) atoms. The lowest BCUT2D eigenvalue weighted by Gasteiger charge is -2.18. The van der Waals surface area contributed by atoms with E-state index in [0.717, 1.165) is 32.1 Å². The molecule has 1 aliphatic rings. The van der Waals surface area contributed by atoms with Crippen molar-refractivity contribution in [3.05, 3.63) is 23.8 Å². The number of nitrogens with zero attached hydrogens (tertiary/aromatic N) is 1. The highest BCUT2D eigenvalue weighted by Crippen LogP contribution is 2.37. The number of aliphatic hydroxyl groups is 1. The first kappa shape index (κ1) is 18.5. The number of hydrogen-bond donors (Lipinski definition) is 3. The van der Waals surface area contributed by atoms with Gasteiger partial charge in [-0.25, -0.2) is 0 Å². The van der Waals surface area contributed by atoms with Gasteiger partial charge in [0.15, 0.2) is 0 Å². The maximum atomic E-state index is 12.5. The molecule has 0 heterocycles. The van der Waals surface area contributed by atoms with Crippen LogP contribution in [0.4, 0.5) is 24.5 Å². The van der Waals surface area contributed by atoms with Crippen LogP contribution in [0.5, 0.6) is 0 Å². The molecule has 0 saturated heterocycles. The van der Waals surface area contributed by atoms with Crippen molar-refractivity contribution in [3.63, 3.8) is 0 Å². The van der Waals surface area contributed by atoms with Gasteiger partial charge in [0.25, 0.3) is 0 Å². The van der Waals surface area contributed by atoms with Gasteiger partial charge < -0.3 is 10.8 Å². The first-order valence-corrected chi connectivity index (χ1v) is 6.93. The maximum absolute atomic E-state index is 12.5. The van der Waals surface area contributed by atoms with Gasteiger partial charge >= 0.3 is 6.18 Å². The van der Waals surface area contributed by atoms with Gasteiger partial charge in [0, 0.05) is 5.69 Å². The van der Waals surface area contributed by atoms with Crippen molar-refractivity contribution in [2.75, 3.05) is 18.1 Å². The van der Waals surface area contributed by atoms with E-state index >= 15 is 0 Å². The lowest BCUT2D eigenvalue weighted by Crippen LogP contribution is -2.20. The van der Waals surface area contributed by atoms with Crippen LogP contribution in [0.2, 0.25) is 0 Å². The molecule has 0 unspecified atom stereocenters. The van der Waals surface area contributed by atoms with E-state index in [1.807, 2.05) is 0 Å². The summed E-state index contributed by atoms with van der Waals surface area (Å²) in [5.74, 6) is 0. The van der Waals surface area contributed by atoms with Crippen LogP contribution < -0.4 is 11.0 Å². The molecule has 5 nitrogen and oxygen atoms in total. The van der Waals surface area contributed by atoms with Gasteiger partial charge in [-0.2, -0.15) is 13.2 Å². The van der Waals surface area contributed by atoms with Crippen molar-refractivity contribution in [1.29, 1.82) is 0 Å². The summed E-state index contributed by atoms with van der Waals surface area (Å²) in [5.41, 5.74) is 3.60. The largest absolute Gasteiger partial charge is 0.418 e. The Hall–Kier alpha value is -1.51. The summed E-state index contributed by atoms with van der Waals surface area (Å²) < 4.78 is 37.4. The van der Waals surface area contributed by atoms with E-state index in [-0.39, 0.29) is 17.0 Å². The van der Waals surface area contributed by atoms with E-state index in [1.165, 1.54) is 25.3 Å². The molecule has 1 aliphatic carbocycles. The number of halogens is 3. The second kappa shape index (κ2) is 8.21. The van der Waals surface area contributed by atoms with E-state index in [4.69, 9.17) is 16.0 Å². The minimum atomic E-state index is -4.61. The molecule has 1 aromatic carbocycles. The van der Waals surface area contributed by atoms with Crippen LogP contribution in [0.15, 0.2) is 18.2 Å². The molecule has 4 N–H and O–H groups in total. The van der Waals surface area contributed by atoms with Crippen LogP contribution in [0, 0.1) is 0 Å². The van der Waals surface area contributed by atoms with Gasteiger partial charge in [0.05, 0.1) is 18.8 Å². The zero-order chi connectivity index (χ0) is 16.8. The van der Waals surface area contributed by atoms with E-state index < -0.39 is 17.4 Å². The van der Waals surface area contributed by atoms with Crippen molar-refractivity contribution < 1.29 is 28.3 Å². The molecule has 0 bridgehead atoms. The number of nitrogens with two attached hydrogens (primary N) is 1. The minimum absolute atomic E-state index is 0.0300. The molecule has 8 heteroatoms. The molecule has 1 aromatic rings. The van der Waals surface area contributed by atoms with E-state index in [0.29, 0.717) is 0 Å². The monoisotopic (exact) mass is 322 g/mol. The number of nitrogen functional groups attached to an aromatic ring is 1. The third-order valence-electron chi connectivity index (χ3n) is 3.28. The van der Waals surface area contributed by atoms with Gasteiger partial charge in [-0.1, -0.05) is 19.3 Å². The molecule has 0 spiro atoms. The standard InChI is InChI=1S/C8H9F3N2O2.C6H12O/c1-15-13(14)7-3-2-5(12)4-6(7)8(9,10)11;7-6-4-2-1-3-5-6/h2-4,14H,12H2,1H3;6-7H,1-5H2. The molecule has 1 fully saturated rings. The summed E-state index contributed by atoms with van der Waals surface area (Å²) >= 11 is 0. The average Bonchev–Trinajstić information content (AvgIpc) is 2.47. The predicted molar refractivity (Wildman–Crippen MR) is 76.2 cm³/mol. The van der Waals surface area contributed by atoms with Crippen LogP contribution in [-0.2, 0) is 11.0 Å². The van der Waals surface area contributed by atoms with Crippen LogP contribution in [0.25, 0.3) is 0 Å². The fourth-order valence-electron chi connectivity index (χ4n) is 2.13. The molecule has 0 atom stereocenters. The van der Waals surface area contributed by atoms with Gasteiger partial charge in [-0.15, -0.1) is 5.23 Å². The Bertz CT molecular complexity index is 463. The normalized spacial score (nSPS) is 15.9. The number of hydrogen-bond acceptors (Lipinski definition) is 5. The topological polar surface area (TPSA) is 79.0 Å². The Balaban J connectivity index is 0.000000287. The summed E-state index contributed by atoms with van der Waals surface area (Å²) in [6.45, 7) is 0. The highest BCUT2D eigenvalue weighted by Gasteiger charge is 2.35. The molecule has 126 valence electrons. The van der Waals surface area contributed by atoms with Crippen molar-refractivity contribution in [2.45, 2.75) is 44.4 Å². The highest BCUT2D eigenvalue weighted by molar-refractivity contribution is 5.58. The van der Waals surface area contributed by atoms with Crippen molar-refractivity contribution in [1.82, 2.24) is 0 Å². The Morgan fingerprint density at radius 3 is 2.23 bits per heavy atom. The Labute approximate surface area is 127 Å². The molecular weight excluding hydrogens is 301 g/mol. The quantitative estimate of drug-likeness (QED) is 0.575. The zero-order valence-corrected chi connectivity index (χ0v) is 12.3. The molecule has 2 rings (SSSR count). The second-order valence-electron chi connectivity index (χ2n) is 5.02. The average molecular weight is 322 g/mol. The number of alkyl halides is 3. The van der Waals surface area contributed by atoms with E-state index in [2.05, 4.69) is 4.84 Å². The lowest BCUT2D eigenvalue weighted by atomic mass is 9.98. The number of aliphatic hydroxyl groups excluding tert-OH is 1. The van der Waals surface area contributed by atoms with Crippen molar-refractivity contribution in [2.24, 2.45) is 0 Å².